The highest BCUT2D eigenvalue weighted by Crippen LogP contribution is 2.31. The van der Waals surface area contributed by atoms with E-state index in [1.165, 1.54) is 33.6 Å². The molecule has 0 aliphatic carbocycles. The number of hydrogen-bond acceptors (Lipinski definition) is 5. The summed E-state index contributed by atoms with van der Waals surface area (Å²) in [5, 5.41) is 4.77. The molecule has 1 saturated heterocycles. The minimum atomic E-state index is 0.505. The number of anilines is 1. The average molecular weight is 314 g/mol. The van der Waals surface area contributed by atoms with Crippen molar-refractivity contribution in [3.05, 3.63) is 10.6 Å². The molecule has 0 radical (unpaired) electrons. The van der Waals surface area contributed by atoms with Crippen molar-refractivity contribution in [3.8, 4) is 0 Å². The highest BCUT2D eigenvalue weighted by molar-refractivity contribution is 7.99. The Morgan fingerprint density at radius 1 is 1.20 bits per heavy atom. The van der Waals surface area contributed by atoms with E-state index in [1.54, 1.807) is 0 Å². The van der Waals surface area contributed by atoms with E-state index < -0.39 is 0 Å². The Morgan fingerprint density at radius 3 is 2.70 bits per heavy atom. The summed E-state index contributed by atoms with van der Waals surface area (Å²) in [5.74, 6) is 3.03. The topological polar surface area (TPSA) is 28.2 Å². The second-order valence-corrected chi connectivity index (χ2v) is 8.23. The first kappa shape index (κ1) is 16.1. The summed E-state index contributed by atoms with van der Waals surface area (Å²) in [6, 6.07) is 0.523. The maximum Gasteiger partial charge on any atom is 0.185 e. The molecule has 2 rings (SSSR count). The first-order valence-corrected chi connectivity index (χ1v) is 9.60. The molecule has 0 amide bonds. The van der Waals surface area contributed by atoms with Crippen LogP contribution in [0.4, 0.5) is 5.13 Å². The lowest BCUT2D eigenvalue weighted by molar-refractivity contribution is 0.588. The Morgan fingerprint density at radius 2 is 2.00 bits per heavy atom. The lowest BCUT2D eigenvalue weighted by Gasteiger charge is -2.18. The Balaban J connectivity index is 2.14. The van der Waals surface area contributed by atoms with Crippen LogP contribution in [0.25, 0.3) is 0 Å². The van der Waals surface area contributed by atoms with Gasteiger partial charge in [-0.25, -0.2) is 4.98 Å². The number of nitrogens with one attached hydrogen (secondary N) is 1. The van der Waals surface area contributed by atoms with E-state index in [0.29, 0.717) is 12.0 Å². The van der Waals surface area contributed by atoms with E-state index in [0.717, 1.165) is 19.6 Å². The van der Waals surface area contributed by atoms with Gasteiger partial charge in [-0.1, -0.05) is 27.7 Å². The number of thiazole rings is 1. The molecule has 0 saturated carbocycles. The normalized spacial score (nSPS) is 17.0. The average Bonchev–Trinajstić information content (AvgIpc) is 2.63. The number of hydrogen-bond donors (Lipinski definition) is 1. The molecule has 1 aromatic heterocycles. The summed E-state index contributed by atoms with van der Waals surface area (Å²) in [6.07, 6.45) is 1.28. The van der Waals surface area contributed by atoms with Crippen LogP contribution >= 0.6 is 23.1 Å². The van der Waals surface area contributed by atoms with Gasteiger partial charge in [0.2, 0.25) is 0 Å². The molecule has 0 atom stereocenters. The van der Waals surface area contributed by atoms with E-state index >= 15 is 0 Å². The minimum Gasteiger partial charge on any atom is -0.347 e. The van der Waals surface area contributed by atoms with E-state index in [4.69, 9.17) is 4.98 Å². The lowest BCUT2D eigenvalue weighted by Crippen LogP contribution is -2.25. The van der Waals surface area contributed by atoms with Crippen LogP contribution in [0.15, 0.2) is 0 Å². The van der Waals surface area contributed by atoms with Crippen LogP contribution in [0.3, 0.4) is 0 Å². The molecule has 0 aromatic carbocycles. The third-order valence-electron chi connectivity index (χ3n) is 3.43. The summed E-state index contributed by atoms with van der Waals surface area (Å²) < 4.78 is 0. The molecule has 1 aromatic rings. The maximum absolute atomic E-state index is 4.95. The van der Waals surface area contributed by atoms with Crippen molar-refractivity contribution in [1.29, 1.82) is 0 Å². The van der Waals surface area contributed by atoms with Crippen LogP contribution in [-0.2, 0) is 6.54 Å². The molecule has 114 valence electrons. The van der Waals surface area contributed by atoms with Crippen LogP contribution in [0, 0.1) is 0 Å². The SMILES string of the molecule is CC(C)NCc1sc(N2CCCSCC2)nc1C(C)C. The second-order valence-electron chi connectivity index (χ2n) is 5.95. The molecule has 0 unspecified atom stereocenters. The van der Waals surface area contributed by atoms with Gasteiger partial charge in [-0.15, -0.1) is 11.3 Å². The fraction of sp³-hybridized carbons (Fsp3) is 0.800. The lowest BCUT2D eigenvalue weighted by atomic mass is 10.1. The van der Waals surface area contributed by atoms with E-state index in [-0.39, 0.29) is 0 Å². The van der Waals surface area contributed by atoms with Gasteiger partial charge in [0, 0.05) is 36.3 Å². The Hall–Kier alpha value is -0.260. The van der Waals surface area contributed by atoms with Gasteiger partial charge in [-0.2, -0.15) is 11.8 Å². The van der Waals surface area contributed by atoms with Crippen molar-refractivity contribution in [2.24, 2.45) is 0 Å². The van der Waals surface area contributed by atoms with Gasteiger partial charge in [-0.05, 0) is 18.1 Å². The van der Waals surface area contributed by atoms with Crippen LogP contribution in [-0.4, -0.2) is 35.6 Å². The molecule has 1 aliphatic rings. The van der Waals surface area contributed by atoms with Gasteiger partial charge >= 0.3 is 0 Å². The zero-order valence-corrected chi connectivity index (χ0v) is 14.7. The van der Waals surface area contributed by atoms with E-state index in [2.05, 4.69) is 49.7 Å². The standard InChI is InChI=1S/C15H27N3S2/c1-11(2)14-13(10-16-12(3)4)20-15(17-14)18-6-5-8-19-9-7-18/h11-12,16H,5-10H2,1-4H3. The zero-order valence-electron chi connectivity index (χ0n) is 13.1. The van der Waals surface area contributed by atoms with Gasteiger partial charge in [0.15, 0.2) is 5.13 Å². The van der Waals surface area contributed by atoms with Crippen molar-refractivity contribution < 1.29 is 0 Å². The highest BCUT2D eigenvalue weighted by atomic mass is 32.2. The van der Waals surface area contributed by atoms with E-state index in [9.17, 15) is 0 Å². The molecule has 1 fully saturated rings. The molecule has 0 spiro atoms. The fourth-order valence-electron chi connectivity index (χ4n) is 2.30. The Bertz CT molecular complexity index is 407. The molecular formula is C15H27N3S2. The van der Waals surface area contributed by atoms with Crippen molar-refractivity contribution in [2.45, 2.75) is 52.6 Å². The van der Waals surface area contributed by atoms with Crippen molar-refractivity contribution in [1.82, 2.24) is 10.3 Å². The van der Waals surface area contributed by atoms with Gasteiger partial charge in [0.05, 0.1) is 5.69 Å². The Kier molecular flexibility index (Phi) is 6.18. The minimum absolute atomic E-state index is 0.505. The summed E-state index contributed by atoms with van der Waals surface area (Å²) >= 11 is 3.96. The van der Waals surface area contributed by atoms with Crippen LogP contribution in [0.2, 0.25) is 0 Å². The smallest absolute Gasteiger partial charge is 0.185 e. The van der Waals surface area contributed by atoms with Crippen molar-refractivity contribution in [3.63, 3.8) is 0 Å². The molecule has 1 N–H and O–H groups in total. The first-order chi connectivity index (χ1) is 9.58. The van der Waals surface area contributed by atoms with Gasteiger partial charge in [0.1, 0.15) is 0 Å². The highest BCUT2D eigenvalue weighted by Gasteiger charge is 2.19. The quantitative estimate of drug-likeness (QED) is 0.897. The molecule has 1 aliphatic heterocycles. The van der Waals surface area contributed by atoms with Gasteiger partial charge in [0.25, 0.3) is 0 Å². The van der Waals surface area contributed by atoms with Crippen LogP contribution in [0.5, 0.6) is 0 Å². The largest absolute Gasteiger partial charge is 0.347 e. The molecule has 20 heavy (non-hydrogen) atoms. The van der Waals surface area contributed by atoms with Crippen molar-refractivity contribution >= 4 is 28.2 Å². The molecule has 3 nitrogen and oxygen atoms in total. The summed E-state index contributed by atoms with van der Waals surface area (Å²) in [7, 11) is 0. The predicted molar refractivity (Wildman–Crippen MR) is 92.3 cm³/mol. The summed E-state index contributed by atoms with van der Waals surface area (Å²) in [6.45, 7) is 12.1. The summed E-state index contributed by atoms with van der Waals surface area (Å²) in [4.78, 5) is 8.85. The van der Waals surface area contributed by atoms with Gasteiger partial charge in [-0.3, -0.25) is 0 Å². The molecule has 0 bridgehead atoms. The third-order valence-corrected chi connectivity index (χ3v) is 5.61. The fourth-order valence-corrected chi connectivity index (χ4v) is 4.40. The maximum atomic E-state index is 4.95. The van der Waals surface area contributed by atoms with Crippen LogP contribution in [0.1, 0.15) is 50.6 Å². The van der Waals surface area contributed by atoms with Crippen LogP contribution < -0.4 is 10.2 Å². The zero-order chi connectivity index (χ0) is 14.5. The second kappa shape index (κ2) is 7.66. The predicted octanol–water partition coefficient (Wildman–Crippen LogP) is 3.71. The molecular weight excluding hydrogens is 286 g/mol. The van der Waals surface area contributed by atoms with Crippen molar-refractivity contribution in [2.75, 3.05) is 29.5 Å². The third kappa shape index (κ3) is 4.37. The van der Waals surface area contributed by atoms with Gasteiger partial charge < -0.3 is 10.2 Å². The Labute approximate surface area is 131 Å². The number of nitrogens with zero attached hydrogens (tertiary/aromatic N) is 2. The first-order valence-electron chi connectivity index (χ1n) is 7.63. The summed E-state index contributed by atoms with van der Waals surface area (Å²) in [5.41, 5.74) is 1.29. The molecule has 5 heteroatoms. The monoisotopic (exact) mass is 313 g/mol. The van der Waals surface area contributed by atoms with E-state index in [1.807, 2.05) is 11.3 Å². The molecule has 2 heterocycles. The number of thioether (sulfide) groups is 1. The number of aromatic nitrogens is 1. The number of rotatable bonds is 5.